The molecule has 1 aromatic carbocycles. The highest BCUT2D eigenvalue weighted by atomic mass is 79.9. The van der Waals surface area contributed by atoms with Gasteiger partial charge in [0.05, 0.1) is 3.79 Å². The summed E-state index contributed by atoms with van der Waals surface area (Å²) in [7, 11) is 0. The largest absolute Gasteiger partial charge is 0.310 e. The van der Waals surface area contributed by atoms with Crippen LogP contribution in [0.25, 0.3) is 0 Å². The summed E-state index contributed by atoms with van der Waals surface area (Å²) in [5.74, 6) is -0.943. The van der Waals surface area contributed by atoms with Crippen LogP contribution in [0.5, 0.6) is 0 Å². The van der Waals surface area contributed by atoms with Gasteiger partial charge in [0.2, 0.25) is 0 Å². The molecule has 1 nitrogen and oxygen atoms in total. The summed E-state index contributed by atoms with van der Waals surface area (Å²) in [6.45, 7) is 4.25. The topological polar surface area (TPSA) is 12.0 Å². The molecule has 0 aliphatic heterocycles. The van der Waals surface area contributed by atoms with Crippen molar-refractivity contribution in [2.24, 2.45) is 0 Å². The fraction of sp³-hybridized carbons (Fsp3) is 0.333. The molecule has 2 aromatic rings. The zero-order valence-corrected chi connectivity index (χ0v) is 13.7. The van der Waals surface area contributed by atoms with Gasteiger partial charge in [-0.3, -0.25) is 0 Å². The molecule has 0 amide bonds. The maximum absolute atomic E-state index is 14.3. The van der Waals surface area contributed by atoms with Gasteiger partial charge in [-0.05, 0) is 53.2 Å². The number of hydrogen-bond donors (Lipinski definition) is 1. The molecule has 0 bridgehead atoms. The Morgan fingerprint density at radius 2 is 2.00 bits per heavy atom. The maximum atomic E-state index is 14.3. The minimum Gasteiger partial charge on any atom is -0.310 e. The Bertz CT molecular complexity index is 598. The molecule has 1 N–H and O–H groups in total. The summed E-state index contributed by atoms with van der Waals surface area (Å²) in [5.41, 5.74) is 0.605. The summed E-state index contributed by atoms with van der Waals surface area (Å²) < 4.78 is 29.3. The monoisotopic (exact) mass is 359 g/mol. The first-order valence-corrected chi connectivity index (χ1v) is 8.06. The van der Waals surface area contributed by atoms with Crippen molar-refractivity contribution in [1.29, 1.82) is 0 Å². The van der Waals surface area contributed by atoms with Crippen LogP contribution in [0.15, 0.2) is 28.1 Å². The van der Waals surface area contributed by atoms with Crippen molar-refractivity contribution in [2.45, 2.75) is 26.3 Å². The van der Waals surface area contributed by atoms with Crippen LogP contribution < -0.4 is 5.32 Å². The highest BCUT2D eigenvalue weighted by Gasteiger charge is 2.21. The highest BCUT2D eigenvalue weighted by molar-refractivity contribution is 9.11. The molecule has 1 unspecified atom stereocenters. The first kappa shape index (κ1) is 15.6. The number of halogens is 3. The van der Waals surface area contributed by atoms with E-state index in [4.69, 9.17) is 0 Å². The molecule has 2 rings (SSSR count). The lowest BCUT2D eigenvalue weighted by atomic mass is 9.99. The second kappa shape index (κ2) is 6.78. The van der Waals surface area contributed by atoms with E-state index in [2.05, 4.69) is 21.2 Å². The highest BCUT2D eigenvalue weighted by Crippen LogP contribution is 2.30. The Labute approximate surface area is 130 Å². The van der Waals surface area contributed by atoms with Crippen molar-refractivity contribution in [3.8, 4) is 0 Å². The van der Waals surface area contributed by atoms with Gasteiger partial charge in [0.25, 0.3) is 0 Å². The van der Waals surface area contributed by atoms with E-state index < -0.39 is 11.6 Å². The third kappa shape index (κ3) is 3.45. The molecule has 0 aliphatic carbocycles. The predicted octanol–water partition coefficient (Wildman–Crippen LogP) is 4.99. The van der Waals surface area contributed by atoms with E-state index in [0.717, 1.165) is 8.66 Å². The van der Waals surface area contributed by atoms with Crippen LogP contribution in [0.1, 0.15) is 29.0 Å². The van der Waals surface area contributed by atoms with Crippen molar-refractivity contribution in [2.75, 3.05) is 6.54 Å². The van der Waals surface area contributed by atoms with Crippen LogP contribution >= 0.6 is 27.3 Å². The average Bonchev–Trinajstić information content (AvgIpc) is 2.80. The SMILES string of the molecule is CCNC(Cc1ccc(Br)s1)c1c(F)ccc(C)c1F. The van der Waals surface area contributed by atoms with Gasteiger partial charge >= 0.3 is 0 Å². The zero-order chi connectivity index (χ0) is 14.7. The van der Waals surface area contributed by atoms with Crippen molar-refractivity contribution < 1.29 is 8.78 Å². The average molecular weight is 360 g/mol. The van der Waals surface area contributed by atoms with Gasteiger partial charge < -0.3 is 5.32 Å². The summed E-state index contributed by atoms with van der Waals surface area (Å²) in [4.78, 5) is 1.09. The van der Waals surface area contributed by atoms with Crippen LogP contribution in [-0.2, 0) is 6.42 Å². The molecule has 0 radical (unpaired) electrons. The Morgan fingerprint density at radius 1 is 1.25 bits per heavy atom. The Balaban J connectivity index is 2.35. The standard InChI is InChI=1S/C15H16BrF2NS/c1-3-19-12(8-10-5-7-13(16)20-10)14-11(17)6-4-9(2)15(14)18/h4-7,12,19H,3,8H2,1-2H3. The summed E-state index contributed by atoms with van der Waals surface area (Å²) in [5, 5.41) is 3.18. The normalized spacial score (nSPS) is 12.7. The molecule has 20 heavy (non-hydrogen) atoms. The smallest absolute Gasteiger partial charge is 0.133 e. The van der Waals surface area contributed by atoms with Crippen molar-refractivity contribution in [1.82, 2.24) is 5.32 Å². The molecule has 1 atom stereocenters. The molecule has 0 saturated carbocycles. The molecule has 0 saturated heterocycles. The number of likely N-dealkylation sites (N-methyl/N-ethyl adjacent to an activating group) is 1. The summed E-state index contributed by atoms with van der Waals surface area (Å²) in [6.07, 6.45) is 0.571. The molecule has 1 heterocycles. The minimum absolute atomic E-state index is 0.136. The van der Waals surface area contributed by atoms with Crippen molar-refractivity contribution in [3.63, 3.8) is 0 Å². The van der Waals surface area contributed by atoms with Gasteiger partial charge in [0, 0.05) is 22.9 Å². The third-order valence-corrected chi connectivity index (χ3v) is 4.80. The quantitative estimate of drug-likeness (QED) is 0.792. The van der Waals surface area contributed by atoms with Gasteiger partial charge in [0.15, 0.2) is 0 Å². The number of nitrogens with one attached hydrogen (secondary N) is 1. The molecule has 0 spiro atoms. The van der Waals surface area contributed by atoms with Crippen LogP contribution in [0.2, 0.25) is 0 Å². The van der Waals surface area contributed by atoms with E-state index in [-0.39, 0.29) is 11.6 Å². The van der Waals surface area contributed by atoms with Gasteiger partial charge in [-0.2, -0.15) is 0 Å². The number of rotatable bonds is 5. The summed E-state index contributed by atoms with van der Waals surface area (Å²) in [6, 6.07) is 6.38. The molecule has 5 heteroatoms. The van der Waals surface area contributed by atoms with Crippen LogP contribution in [0, 0.1) is 18.6 Å². The summed E-state index contributed by atoms with van der Waals surface area (Å²) >= 11 is 4.99. The lowest BCUT2D eigenvalue weighted by Crippen LogP contribution is -2.25. The van der Waals surface area contributed by atoms with Crippen LogP contribution in [0.3, 0.4) is 0 Å². The molecule has 1 aromatic heterocycles. The van der Waals surface area contributed by atoms with E-state index in [1.807, 2.05) is 19.1 Å². The predicted molar refractivity (Wildman–Crippen MR) is 83.2 cm³/mol. The van der Waals surface area contributed by atoms with E-state index in [0.29, 0.717) is 18.5 Å². The van der Waals surface area contributed by atoms with Crippen LogP contribution in [0.4, 0.5) is 8.78 Å². The lowest BCUT2D eigenvalue weighted by molar-refractivity contribution is 0.472. The number of benzene rings is 1. The first-order valence-electron chi connectivity index (χ1n) is 6.45. The van der Waals surface area contributed by atoms with Gasteiger partial charge in [0.1, 0.15) is 11.6 Å². The third-order valence-electron chi connectivity index (χ3n) is 3.15. The van der Waals surface area contributed by atoms with Crippen molar-refractivity contribution >= 4 is 27.3 Å². The molecule has 108 valence electrons. The van der Waals surface area contributed by atoms with Gasteiger partial charge in [-0.15, -0.1) is 11.3 Å². The first-order chi connectivity index (χ1) is 9.52. The van der Waals surface area contributed by atoms with Gasteiger partial charge in [-0.1, -0.05) is 13.0 Å². The molecule has 0 aliphatic rings. The second-order valence-corrected chi connectivity index (χ2v) is 7.16. The fourth-order valence-corrected chi connectivity index (χ4v) is 3.71. The Morgan fingerprint density at radius 3 is 2.60 bits per heavy atom. The fourth-order valence-electron chi connectivity index (χ4n) is 2.18. The second-order valence-electron chi connectivity index (χ2n) is 4.61. The van der Waals surface area contributed by atoms with Crippen molar-refractivity contribution in [3.05, 3.63) is 55.7 Å². The molecule has 0 fully saturated rings. The van der Waals surface area contributed by atoms with E-state index in [1.54, 1.807) is 18.3 Å². The lowest BCUT2D eigenvalue weighted by Gasteiger charge is -2.20. The van der Waals surface area contributed by atoms with E-state index in [1.165, 1.54) is 12.1 Å². The minimum atomic E-state index is -0.491. The van der Waals surface area contributed by atoms with Gasteiger partial charge in [-0.25, -0.2) is 8.78 Å². The Hall–Kier alpha value is -0.780. The van der Waals surface area contributed by atoms with E-state index >= 15 is 0 Å². The van der Waals surface area contributed by atoms with E-state index in [9.17, 15) is 8.78 Å². The Kier molecular flexibility index (Phi) is 5.29. The maximum Gasteiger partial charge on any atom is 0.133 e. The number of thiophene rings is 1. The number of aryl methyl sites for hydroxylation is 1. The number of hydrogen-bond acceptors (Lipinski definition) is 2. The molecular formula is C15H16BrF2NS. The zero-order valence-electron chi connectivity index (χ0n) is 11.3. The van der Waals surface area contributed by atoms with Crippen LogP contribution in [-0.4, -0.2) is 6.54 Å². The molecular weight excluding hydrogens is 344 g/mol.